The third kappa shape index (κ3) is 3.57. The van der Waals surface area contributed by atoms with Gasteiger partial charge in [0.1, 0.15) is 11.3 Å². The molecule has 36 heavy (non-hydrogen) atoms. The van der Waals surface area contributed by atoms with Crippen LogP contribution < -0.4 is 10.6 Å². The van der Waals surface area contributed by atoms with Gasteiger partial charge in [-0.2, -0.15) is 13.2 Å². The van der Waals surface area contributed by atoms with E-state index in [4.69, 9.17) is 28.9 Å². The Morgan fingerprint density at radius 1 is 1.03 bits per heavy atom. The van der Waals surface area contributed by atoms with E-state index < -0.39 is 23.2 Å². The molecule has 0 bridgehead atoms. The van der Waals surface area contributed by atoms with E-state index >= 15 is 0 Å². The zero-order valence-corrected chi connectivity index (χ0v) is 20.6. The number of fused-ring (bicyclic) bond motifs is 2. The monoisotopic (exact) mass is 531 g/mol. The predicted octanol–water partition coefficient (Wildman–Crippen LogP) is 6.56. The molecule has 1 saturated heterocycles. The number of hydrogen-bond donors (Lipinski definition) is 1. The topological polar surface area (TPSA) is 59.5 Å². The van der Waals surface area contributed by atoms with Gasteiger partial charge in [0.2, 0.25) is 0 Å². The van der Waals surface area contributed by atoms with E-state index in [0.29, 0.717) is 59.3 Å². The molecule has 186 valence electrons. The van der Waals surface area contributed by atoms with Crippen LogP contribution in [-0.4, -0.2) is 27.5 Å². The third-order valence-corrected chi connectivity index (χ3v) is 8.52. The highest BCUT2D eigenvalue weighted by atomic mass is 35.5. The van der Waals surface area contributed by atoms with Crippen molar-refractivity contribution in [2.24, 2.45) is 11.1 Å². The fourth-order valence-corrected chi connectivity index (χ4v) is 6.25. The van der Waals surface area contributed by atoms with Crippen LogP contribution in [0.3, 0.4) is 0 Å². The number of piperidine rings is 1. The molecule has 1 spiro atoms. The van der Waals surface area contributed by atoms with Crippen LogP contribution in [0.5, 0.6) is 0 Å². The minimum absolute atomic E-state index is 0.262. The summed E-state index contributed by atoms with van der Waals surface area (Å²) in [5.74, 6) is 1.42. The molecule has 0 amide bonds. The number of rotatable bonds is 2. The van der Waals surface area contributed by atoms with Crippen LogP contribution in [0.15, 0.2) is 55.0 Å². The number of nitrogens with two attached hydrogens (primary N) is 1. The van der Waals surface area contributed by atoms with Gasteiger partial charge >= 0.3 is 6.18 Å². The maximum absolute atomic E-state index is 13.7. The molecular weight excluding hydrogens is 510 g/mol. The van der Waals surface area contributed by atoms with Crippen molar-refractivity contribution in [3.05, 3.63) is 81.7 Å². The second kappa shape index (κ2) is 8.36. The molecule has 6 rings (SSSR count). The summed E-state index contributed by atoms with van der Waals surface area (Å²) in [6.07, 6.45) is 2.78. The van der Waals surface area contributed by atoms with E-state index in [-0.39, 0.29) is 5.56 Å². The largest absolute Gasteiger partial charge is 0.416 e. The second-order valence-electron chi connectivity index (χ2n) is 9.57. The molecule has 1 atom stereocenters. The van der Waals surface area contributed by atoms with E-state index in [2.05, 4.69) is 14.9 Å². The predicted molar refractivity (Wildman–Crippen MR) is 134 cm³/mol. The molecule has 10 heteroatoms. The van der Waals surface area contributed by atoms with Gasteiger partial charge < -0.3 is 10.6 Å². The Bertz CT molecular complexity index is 1470. The van der Waals surface area contributed by atoms with Gasteiger partial charge in [0.25, 0.3) is 0 Å². The number of halogens is 5. The SMILES string of the molecule is NC1c2c(cccc2C(F)(F)F)CC12CCN(c1nccn3c(-c4cccc(Cl)c4Cl)ncc13)CC2. The van der Waals surface area contributed by atoms with E-state index in [9.17, 15) is 13.2 Å². The summed E-state index contributed by atoms with van der Waals surface area (Å²) >= 11 is 12.7. The van der Waals surface area contributed by atoms with Crippen molar-refractivity contribution in [2.75, 3.05) is 18.0 Å². The van der Waals surface area contributed by atoms with Crippen LogP contribution in [0.1, 0.15) is 35.6 Å². The first-order chi connectivity index (χ1) is 17.2. The smallest absolute Gasteiger partial charge is 0.355 e. The standard InChI is InChI=1S/C26H22Cl2F3N5/c27-18-6-2-4-16(21(18)28)23-34-14-19-24(33-9-12-36(19)23)35-10-7-25(8-11-35)13-15-3-1-5-17(26(29,30)31)20(15)22(25)32/h1-6,9,12,14,22H,7-8,10-11,13,32H2. The fraction of sp³-hybridized carbons (Fsp3) is 0.308. The zero-order valence-electron chi connectivity index (χ0n) is 19.1. The summed E-state index contributed by atoms with van der Waals surface area (Å²) in [6, 6.07) is 9.16. The number of aromatic nitrogens is 3. The zero-order chi connectivity index (χ0) is 25.2. The summed E-state index contributed by atoms with van der Waals surface area (Å²) in [7, 11) is 0. The fourth-order valence-electron chi connectivity index (χ4n) is 5.86. The molecule has 4 aromatic rings. The molecule has 2 N–H and O–H groups in total. The quantitative estimate of drug-likeness (QED) is 0.318. The first-order valence-electron chi connectivity index (χ1n) is 11.7. The van der Waals surface area contributed by atoms with Crippen molar-refractivity contribution in [1.82, 2.24) is 14.4 Å². The number of benzene rings is 2. The van der Waals surface area contributed by atoms with E-state index in [0.717, 1.165) is 17.4 Å². The summed E-state index contributed by atoms with van der Waals surface area (Å²) in [6.45, 7) is 1.27. The Morgan fingerprint density at radius 3 is 2.53 bits per heavy atom. The normalized spacial score (nSPS) is 19.3. The van der Waals surface area contributed by atoms with Crippen LogP contribution in [0.25, 0.3) is 16.9 Å². The number of hydrogen-bond acceptors (Lipinski definition) is 4. The molecule has 0 saturated carbocycles. The molecule has 2 aromatic carbocycles. The van der Waals surface area contributed by atoms with Gasteiger partial charge in [-0.05, 0) is 54.0 Å². The van der Waals surface area contributed by atoms with Gasteiger partial charge in [0.05, 0.1) is 21.8 Å². The molecule has 2 aromatic heterocycles. The second-order valence-corrected chi connectivity index (χ2v) is 10.4. The number of anilines is 1. The first-order valence-corrected chi connectivity index (χ1v) is 12.4. The summed E-state index contributed by atoms with van der Waals surface area (Å²) in [4.78, 5) is 11.4. The van der Waals surface area contributed by atoms with Crippen molar-refractivity contribution < 1.29 is 13.2 Å². The third-order valence-electron chi connectivity index (χ3n) is 7.70. The molecule has 5 nitrogen and oxygen atoms in total. The number of imidazole rings is 1. The Morgan fingerprint density at radius 2 is 1.78 bits per heavy atom. The van der Waals surface area contributed by atoms with Crippen LogP contribution in [-0.2, 0) is 12.6 Å². The van der Waals surface area contributed by atoms with Crippen molar-refractivity contribution in [3.8, 4) is 11.4 Å². The maximum Gasteiger partial charge on any atom is 0.416 e. The van der Waals surface area contributed by atoms with Gasteiger partial charge in [0.15, 0.2) is 5.82 Å². The molecule has 1 aliphatic carbocycles. The first kappa shape index (κ1) is 23.6. The highest BCUT2D eigenvalue weighted by Gasteiger charge is 2.49. The Balaban J connectivity index is 1.29. The van der Waals surface area contributed by atoms with Crippen LogP contribution in [0, 0.1) is 5.41 Å². The average Bonchev–Trinajstić information content (AvgIpc) is 3.40. The number of alkyl halides is 3. The van der Waals surface area contributed by atoms with E-state index in [1.165, 1.54) is 6.07 Å². The van der Waals surface area contributed by atoms with Gasteiger partial charge in [-0.15, -0.1) is 0 Å². The van der Waals surface area contributed by atoms with Crippen LogP contribution in [0.4, 0.5) is 19.0 Å². The molecule has 3 heterocycles. The minimum Gasteiger partial charge on any atom is -0.355 e. The molecule has 1 fully saturated rings. The van der Waals surface area contributed by atoms with Crippen molar-refractivity contribution in [3.63, 3.8) is 0 Å². The molecule has 1 unspecified atom stereocenters. The van der Waals surface area contributed by atoms with Gasteiger partial charge in [-0.1, -0.05) is 41.4 Å². The Kier molecular flexibility index (Phi) is 5.48. The molecule has 0 radical (unpaired) electrons. The highest BCUT2D eigenvalue weighted by Crippen LogP contribution is 2.54. The van der Waals surface area contributed by atoms with E-state index in [1.807, 2.05) is 22.7 Å². The lowest BCUT2D eigenvalue weighted by molar-refractivity contribution is -0.138. The van der Waals surface area contributed by atoms with Crippen LogP contribution in [0.2, 0.25) is 10.0 Å². The summed E-state index contributed by atoms with van der Waals surface area (Å²) < 4.78 is 43.0. The van der Waals surface area contributed by atoms with Crippen molar-refractivity contribution in [1.29, 1.82) is 0 Å². The maximum atomic E-state index is 13.7. The Hall–Kier alpha value is -2.81. The minimum atomic E-state index is -4.42. The van der Waals surface area contributed by atoms with Crippen LogP contribution >= 0.6 is 23.2 Å². The lowest BCUT2D eigenvalue weighted by Crippen LogP contribution is -2.45. The van der Waals surface area contributed by atoms with Gasteiger partial charge in [-0.3, -0.25) is 4.40 Å². The Labute approximate surface area is 215 Å². The summed E-state index contributed by atoms with van der Waals surface area (Å²) in [5.41, 5.74) is 8.05. The van der Waals surface area contributed by atoms with Crippen molar-refractivity contribution >= 4 is 34.5 Å². The highest BCUT2D eigenvalue weighted by molar-refractivity contribution is 6.43. The van der Waals surface area contributed by atoms with E-state index in [1.54, 1.807) is 24.5 Å². The van der Waals surface area contributed by atoms with Crippen molar-refractivity contribution in [2.45, 2.75) is 31.5 Å². The van der Waals surface area contributed by atoms with Gasteiger partial charge in [-0.25, -0.2) is 9.97 Å². The molecule has 1 aliphatic heterocycles. The molecule has 2 aliphatic rings. The molecular formula is C26H22Cl2F3N5. The number of nitrogens with zero attached hydrogens (tertiary/aromatic N) is 4. The lowest BCUT2D eigenvalue weighted by atomic mass is 9.73. The average molecular weight is 532 g/mol. The summed E-state index contributed by atoms with van der Waals surface area (Å²) in [5, 5.41) is 0.877. The van der Waals surface area contributed by atoms with Gasteiger partial charge in [0, 0.05) is 37.1 Å². The lowest BCUT2D eigenvalue weighted by Gasteiger charge is -2.42.